The SMILES string of the molecule is Cc1cccc2oc3ccc(-c4ccc(-c5nc(-c6ccccc6)nc6c5sc5ccccc56)cc4)cc3c12.N=C(N=C(N)c1ccccc1)c1ccccc1. The van der Waals surface area contributed by atoms with Crippen molar-refractivity contribution >= 4 is 65.2 Å². The summed E-state index contributed by atoms with van der Waals surface area (Å²) in [5, 5.41) is 11.4. The van der Waals surface area contributed by atoms with E-state index in [1.165, 1.54) is 26.6 Å². The Morgan fingerprint density at radius 1 is 0.589 bits per heavy atom. The number of aryl methyl sites for hydroxylation is 1. The number of nitrogens with one attached hydrogen (secondary N) is 1. The van der Waals surface area contributed by atoms with Crippen molar-refractivity contribution in [2.45, 2.75) is 6.92 Å². The minimum absolute atomic E-state index is 0.173. The highest BCUT2D eigenvalue weighted by atomic mass is 32.1. The first-order chi connectivity index (χ1) is 27.5. The first-order valence-electron chi connectivity index (χ1n) is 18.3. The predicted molar refractivity (Wildman–Crippen MR) is 234 cm³/mol. The lowest BCUT2D eigenvalue weighted by molar-refractivity contribution is 0.669. The number of nitrogens with zero attached hydrogens (tertiary/aromatic N) is 3. The van der Waals surface area contributed by atoms with Crippen LogP contribution in [0.15, 0.2) is 185 Å². The molecule has 0 bridgehead atoms. The normalized spacial score (nSPS) is 11.6. The Morgan fingerprint density at radius 2 is 1.23 bits per heavy atom. The number of nitrogens with two attached hydrogens (primary N) is 1. The van der Waals surface area contributed by atoms with Gasteiger partial charge in [0.25, 0.3) is 0 Å². The number of hydrogen-bond donors (Lipinski definition) is 2. The number of aliphatic imine (C=N–C) groups is 1. The second-order valence-electron chi connectivity index (χ2n) is 13.5. The van der Waals surface area contributed by atoms with Crippen LogP contribution in [0, 0.1) is 12.3 Å². The highest BCUT2D eigenvalue weighted by molar-refractivity contribution is 7.26. The summed E-state index contributed by atoms with van der Waals surface area (Å²) in [7, 11) is 0. The van der Waals surface area contributed by atoms with Crippen molar-refractivity contribution in [1.82, 2.24) is 9.97 Å². The van der Waals surface area contributed by atoms with Gasteiger partial charge in [-0.2, -0.15) is 0 Å². The number of fused-ring (bicyclic) bond motifs is 6. The molecule has 0 amide bonds. The highest BCUT2D eigenvalue weighted by Crippen LogP contribution is 2.40. The zero-order valence-electron chi connectivity index (χ0n) is 30.5. The molecule has 0 spiro atoms. The molecule has 10 aromatic rings. The van der Waals surface area contributed by atoms with Gasteiger partial charge in [-0.1, -0.05) is 152 Å². The summed E-state index contributed by atoms with van der Waals surface area (Å²) >= 11 is 1.76. The van der Waals surface area contributed by atoms with E-state index < -0.39 is 0 Å². The molecule has 0 aliphatic carbocycles. The molecule has 0 atom stereocenters. The number of benzene rings is 7. The van der Waals surface area contributed by atoms with E-state index in [1.807, 2.05) is 91.0 Å². The van der Waals surface area contributed by atoms with Crippen molar-refractivity contribution in [2.75, 3.05) is 0 Å². The molecule has 7 aromatic carbocycles. The second kappa shape index (κ2) is 14.9. The molecule has 268 valence electrons. The van der Waals surface area contributed by atoms with Gasteiger partial charge in [-0.15, -0.1) is 11.3 Å². The predicted octanol–water partition coefficient (Wildman–Crippen LogP) is 12.5. The van der Waals surface area contributed by atoms with Crippen molar-refractivity contribution < 1.29 is 4.42 Å². The minimum atomic E-state index is 0.173. The second-order valence-corrected chi connectivity index (χ2v) is 14.5. The third-order valence-electron chi connectivity index (χ3n) is 9.80. The Bertz CT molecular complexity index is 3040. The topological polar surface area (TPSA) is 101 Å². The molecule has 7 heteroatoms. The number of rotatable bonds is 5. The van der Waals surface area contributed by atoms with Gasteiger partial charge in [0.05, 0.1) is 15.9 Å². The van der Waals surface area contributed by atoms with Crippen LogP contribution in [0.3, 0.4) is 0 Å². The standard InChI is InChI=1S/C35H22N2OS.C14H13N3/c1-21-8-7-12-29-31(21)27-20-25(18-19-28(27)38-29)22-14-16-23(17-15-22)32-34-33(26-11-5-6-13-30(26)39-34)37-35(36-32)24-9-3-2-4-10-24;15-13(11-7-3-1-4-8-11)17-14(16)12-9-5-2-6-10-12/h2-20H,1H3;1-10H,(H3,15,16,17). The zero-order valence-corrected chi connectivity index (χ0v) is 31.3. The molecule has 0 radical (unpaired) electrons. The van der Waals surface area contributed by atoms with Gasteiger partial charge in [-0.25, -0.2) is 15.0 Å². The number of amidine groups is 2. The summed E-state index contributed by atoms with van der Waals surface area (Å²) in [5.41, 5.74) is 16.9. The molecule has 0 saturated carbocycles. The summed E-state index contributed by atoms with van der Waals surface area (Å²) in [6.07, 6.45) is 0. The van der Waals surface area contributed by atoms with Crippen molar-refractivity contribution in [3.8, 4) is 33.8 Å². The molecule has 3 N–H and O–H groups in total. The molecule has 56 heavy (non-hydrogen) atoms. The molecular weight excluding hydrogens is 707 g/mol. The van der Waals surface area contributed by atoms with Crippen LogP contribution < -0.4 is 5.73 Å². The van der Waals surface area contributed by atoms with Crippen molar-refractivity contribution in [3.05, 3.63) is 193 Å². The molecule has 3 aromatic heterocycles. The number of furan rings is 1. The summed E-state index contributed by atoms with van der Waals surface area (Å²) in [5.74, 6) is 1.28. The van der Waals surface area contributed by atoms with Crippen molar-refractivity contribution in [2.24, 2.45) is 10.7 Å². The van der Waals surface area contributed by atoms with E-state index in [2.05, 4.69) is 96.8 Å². The number of hydrogen-bond acceptors (Lipinski definition) is 5. The molecule has 3 heterocycles. The van der Waals surface area contributed by atoms with E-state index in [9.17, 15) is 0 Å². The number of aromatic nitrogens is 2. The zero-order chi connectivity index (χ0) is 38.0. The maximum Gasteiger partial charge on any atom is 0.160 e. The van der Waals surface area contributed by atoms with Crippen LogP contribution in [0.5, 0.6) is 0 Å². The van der Waals surface area contributed by atoms with E-state index in [0.717, 1.165) is 66.1 Å². The molecule has 6 nitrogen and oxygen atoms in total. The quantitative estimate of drug-likeness (QED) is 0.135. The largest absolute Gasteiger partial charge is 0.456 e. The fourth-order valence-corrected chi connectivity index (χ4v) is 8.12. The lowest BCUT2D eigenvalue weighted by Crippen LogP contribution is -2.15. The Kier molecular flexibility index (Phi) is 9.19. The van der Waals surface area contributed by atoms with E-state index in [4.69, 9.17) is 25.5 Å². The van der Waals surface area contributed by atoms with Crippen LogP contribution in [-0.2, 0) is 0 Å². The third kappa shape index (κ3) is 6.72. The molecule has 0 aliphatic rings. The lowest BCUT2D eigenvalue weighted by Gasteiger charge is -2.08. The summed E-state index contributed by atoms with van der Waals surface area (Å²) in [6, 6.07) is 58.9. The Morgan fingerprint density at radius 3 is 1.98 bits per heavy atom. The average molecular weight is 742 g/mol. The van der Waals surface area contributed by atoms with E-state index in [-0.39, 0.29) is 5.84 Å². The van der Waals surface area contributed by atoms with Gasteiger partial charge in [-0.3, -0.25) is 5.41 Å². The van der Waals surface area contributed by atoms with Crippen molar-refractivity contribution in [1.29, 1.82) is 5.41 Å². The van der Waals surface area contributed by atoms with E-state index >= 15 is 0 Å². The Hall–Kier alpha value is -7.22. The average Bonchev–Trinajstić information content (AvgIpc) is 3.83. The summed E-state index contributed by atoms with van der Waals surface area (Å²) < 4.78 is 8.44. The fourth-order valence-electron chi connectivity index (χ4n) is 6.96. The van der Waals surface area contributed by atoms with Crippen LogP contribution in [-0.4, -0.2) is 21.6 Å². The van der Waals surface area contributed by atoms with E-state index in [0.29, 0.717) is 5.84 Å². The van der Waals surface area contributed by atoms with Gasteiger partial charge in [0.2, 0.25) is 0 Å². The van der Waals surface area contributed by atoms with Gasteiger partial charge in [0.15, 0.2) is 11.7 Å². The third-order valence-corrected chi connectivity index (χ3v) is 11.0. The fraction of sp³-hybridized carbons (Fsp3) is 0.0204. The molecule has 10 rings (SSSR count). The first-order valence-corrected chi connectivity index (χ1v) is 19.1. The van der Waals surface area contributed by atoms with E-state index in [1.54, 1.807) is 11.3 Å². The summed E-state index contributed by atoms with van der Waals surface area (Å²) in [4.78, 5) is 14.2. The van der Waals surface area contributed by atoms with Crippen molar-refractivity contribution in [3.63, 3.8) is 0 Å². The molecule has 0 aliphatic heterocycles. The Labute approximate surface area is 327 Å². The van der Waals surface area contributed by atoms with Crippen LogP contribution in [0.4, 0.5) is 0 Å². The molecular formula is C49H35N5OS. The highest BCUT2D eigenvalue weighted by Gasteiger charge is 2.17. The summed E-state index contributed by atoms with van der Waals surface area (Å²) in [6.45, 7) is 2.14. The molecule has 0 unspecified atom stereocenters. The van der Waals surface area contributed by atoms with Gasteiger partial charge in [0, 0.05) is 43.1 Å². The first kappa shape index (κ1) is 34.5. The van der Waals surface area contributed by atoms with Crippen LogP contribution in [0.2, 0.25) is 0 Å². The Balaban J connectivity index is 0.000000203. The van der Waals surface area contributed by atoms with Gasteiger partial charge >= 0.3 is 0 Å². The van der Waals surface area contributed by atoms with Gasteiger partial charge in [0.1, 0.15) is 17.0 Å². The maximum absolute atomic E-state index is 7.84. The monoisotopic (exact) mass is 741 g/mol. The van der Waals surface area contributed by atoms with Crippen LogP contribution in [0.1, 0.15) is 16.7 Å². The number of thiophene rings is 1. The maximum atomic E-state index is 7.84. The van der Waals surface area contributed by atoms with Gasteiger partial charge in [-0.05, 0) is 47.9 Å². The minimum Gasteiger partial charge on any atom is -0.456 e. The molecule has 0 saturated heterocycles. The van der Waals surface area contributed by atoms with Crippen LogP contribution in [0.25, 0.3) is 76.0 Å². The smallest absolute Gasteiger partial charge is 0.160 e. The van der Waals surface area contributed by atoms with Gasteiger partial charge < -0.3 is 10.2 Å². The van der Waals surface area contributed by atoms with Crippen LogP contribution >= 0.6 is 11.3 Å². The molecule has 0 fully saturated rings. The lowest BCUT2D eigenvalue weighted by atomic mass is 9.99.